The first kappa shape index (κ1) is 19.1. The number of aliphatic imine (C=N–C) groups is 1. The lowest BCUT2D eigenvalue weighted by molar-refractivity contribution is 0.0968. The molecular formula is C18H28IN3O2. The normalized spacial score (nSPS) is 23.4. The molecule has 6 heteroatoms. The van der Waals surface area contributed by atoms with Gasteiger partial charge in [0.15, 0.2) is 23.6 Å². The lowest BCUT2D eigenvalue weighted by Crippen LogP contribution is -2.46. The molecule has 2 heterocycles. The van der Waals surface area contributed by atoms with Gasteiger partial charge in [-0.05, 0) is 37.8 Å². The van der Waals surface area contributed by atoms with Crippen LogP contribution in [-0.4, -0.2) is 49.7 Å². The van der Waals surface area contributed by atoms with Crippen LogP contribution in [0.2, 0.25) is 0 Å². The van der Waals surface area contributed by atoms with Crippen molar-refractivity contribution in [2.24, 2.45) is 10.9 Å². The molecule has 2 aliphatic heterocycles. The van der Waals surface area contributed by atoms with Crippen LogP contribution < -0.4 is 14.8 Å². The Morgan fingerprint density at radius 3 is 2.88 bits per heavy atom. The number of hydrogen-bond donors (Lipinski definition) is 1. The minimum absolute atomic E-state index is 0. The summed E-state index contributed by atoms with van der Waals surface area (Å²) in [4.78, 5) is 7.16. The van der Waals surface area contributed by atoms with E-state index in [-0.39, 0.29) is 30.1 Å². The van der Waals surface area contributed by atoms with Gasteiger partial charge in [-0.3, -0.25) is 0 Å². The van der Waals surface area contributed by atoms with Crippen molar-refractivity contribution in [3.8, 4) is 11.5 Å². The summed E-state index contributed by atoms with van der Waals surface area (Å²) in [6.07, 6.45) is 2.52. The zero-order valence-electron chi connectivity index (χ0n) is 14.5. The highest BCUT2D eigenvalue weighted by atomic mass is 127. The molecule has 3 rings (SSSR count). The van der Waals surface area contributed by atoms with Crippen LogP contribution in [0.5, 0.6) is 11.5 Å². The molecule has 0 aromatic heterocycles. The standard InChI is InChI=1S/C18H27N3O2.HI/c1-3-19-18(21-10-6-7-14(2)12-21)20-11-15-13-22-16-8-4-5-9-17(16)23-15;/h4-5,8-9,14-15H,3,6-7,10-13H2,1-2H3,(H,19,20);1H. The van der Waals surface area contributed by atoms with Crippen LogP contribution in [0.4, 0.5) is 0 Å². The SMILES string of the molecule is CCNC(=NCC1COc2ccccc2O1)N1CCCC(C)C1.I. The summed E-state index contributed by atoms with van der Waals surface area (Å²) in [7, 11) is 0. The number of nitrogens with zero attached hydrogens (tertiary/aromatic N) is 2. The van der Waals surface area contributed by atoms with Crippen molar-refractivity contribution in [3.05, 3.63) is 24.3 Å². The van der Waals surface area contributed by atoms with Gasteiger partial charge in [-0.15, -0.1) is 24.0 Å². The number of nitrogens with one attached hydrogen (secondary N) is 1. The first-order chi connectivity index (χ1) is 11.3. The van der Waals surface area contributed by atoms with E-state index in [9.17, 15) is 0 Å². The van der Waals surface area contributed by atoms with Crippen LogP contribution >= 0.6 is 24.0 Å². The second-order valence-corrected chi connectivity index (χ2v) is 6.39. The molecule has 1 aromatic rings. The number of halogens is 1. The Hall–Kier alpha value is -1.18. The molecule has 134 valence electrons. The average molecular weight is 445 g/mol. The van der Waals surface area contributed by atoms with Crippen molar-refractivity contribution in [1.82, 2.24) is 10.2 Å². The Bertz CT molecular complexity index is 553. The molecule has 1 saturated heterocycles. The number of para-hydroxylation sites is 2. The predicted molar refractivity (Wildman–Crippen MR) is 108 cm³/mol. The van der Waals surface area contributed by atoms with Crippen LogP contribution in [0.25, 0.3) is 0 Å². The fourth-order valence-corrected chi connectivity index (χ4v) is 3.15. The Morgan fingerprint density at radius 1 is 1.33 bits per heavy atom. The van der Waals surface area contributed by atoms with Crippen molar-refractivity contribution < 1.29 is 9.47 Å². The third kappa shape index (κ3) is 4.91. The van der Waals surface area contributed by atoms with E-state index in [1.165, 1.54) is 12.8 Å². The molecule has 1 aromatic carbocycles. The Labute approximate surface area is 161 Å². The highest BCUT2D eigenvalue weighted by Gasteiger charge is 2.22. The van der Waals surface area contributed by atoms with Gasteiger partial charge in [0.1, 0.15) is 6.61 Å². The van der Waals surface area contributed by atoms with Crippen molar-refractivity contribution in [3.63, 3.8) is 0 Å². The summed E-state index contributed by atoms with van der Waals surface area (Å²) in [5, 5.41) is 3.41. The van der Waals surface area contributed by atoms with Gasteiger partial charge in [-0.2, -0.15) is 0 Å². The highest BCUT2D eigenvalue weighted by molar-refractivity contribution is 14.0. The quantitative estimate of drug-likeness (QED) is 0.441. The topological polar surface area (TPSA) is 46.1 Å². The van der Waals surface area contributed by atoms with Crippen molar-refractivity contribution in [2.45, 2.75) is 32.8 Å². The number of rotatable bonds is 3. The fraction of sp³-hybridized carbons (Fsp3) is 0.611. The fourth-order valence-electron chi connectivity index (χ4n) is 3.15. The van der Waals surface area contributed by atoms with Crippen LogP contribution in [0, 0.1) is 5.92 Å². The largest absolute Gasteiger partial charge is 0.486 e. The maximum Gasteiger partial charge on any atom is 0.194 e. The van der Waals surface area contributed by atoms with Crippen molar-refractivity contribution in [2.75, 3.05) is 32.8 Å². The Balaban J connectivity index is 0.00000208. The average Bonchev–Trinajstić information content (AvgIpc) is 2.58. The van der Waals surface area contributed by atoms with Gasteiger partial charge in [0, 0.05) is 19.6 Å². The van der Waals surface area contributed by atoms with E-state index in [0.29, 0.717) is 13.2 Å². The summed E-state index contributed by atoms with van der Waals surface area (Å²) in [6.45, 7) is 8.63. The van der Waals surface area contributed by atoms with E-state index >= 15 is 0 Å². The number of ether oxygens (including phenoxy) is 2. The van der Waals surface area contributed by atoms with Crippen LogP contribution in [0.3, 0.4) is 0 Å². The van der Waals surface area contributed by atoms with E-state index in [0.717, 1.165) is 43.0 Å². The second-order valence-electron chi connectivity index (χ2n) is 6.39. The van der Waals surface area contributed by atoms with E-state index in [1.807, 2.05) is 24.3 Å². The maximum atomic E-state index is 5.99. The Kier molecular flexibility index (Phi) is 7.45. The summed E-state index contributed by atoms with van der Waals surface area (Å²) in [6, 6.07) is 7.81. The molecule has 1 N–H and O–H groups in total. The smallest absolute Gasteiger partial charge is 0.194 e. The number of hydrogen-bond acceptors (Lipinski definition) is 3. The van der Waals surface area contributed by atoms with Gasteiger partial charge in [-0.1, -0.05) is 19.1 Å². The van der Waals surface area contributed by atoms with E-state index < -0.39 is 0 Å². The number of fused-ring (bicyclic) bond motifs is 1. The third-order valence-corrected chi connectivity index (χ3v) is 4.30. The molecule has 2 unspecified atom stereocenters. The number of benzene rings is 1. The minimum atomic E-state index is -0.0271. The molecular weight excluding hydrogens is 417 g/mol. The zero-order chi connectivity index (χ0) is 16.1. The first-order valence-electron chi connectivity index (χ1n) is 8.68. The van der Waals surface area contributed by atoms with Gasteiger partial charge in [-0.25, -0.2) is 4.99 Å². The molecule has 24 heavy (non-hydrogen) atoms. The van der Waals surface area contributed by atoms with Gasteiger partial charge in [0.05, 0.1) is 6.54 Å². The van der Waals surface area contributed by atoms with Gasteiger partial charge in [0.25, 0.3) is 0 Å². The summed E-state index contributed by atoms with van der Waals surface area (Å²) >= 11 is 0. The maximum absolute atomic E-state index is 5.99. The monoisotopic (exact) mass is 445 g/mol. The second kappa shape index (κ2) is 9.34. The number of guanidine groups is 1. The summed E-state index contributed by atoms with van der Waals surface area (Å²) in [5.74, 6) is 3.37. The molecule has 0 bridgehead atoms. The van der Waals surface area contributed by atoms with Crippen molar-refractivity contribution in [1.29, 1.82) is 0 Å². The highest BCUT2D eigenvalue weighted by Crippen LogP contribution is 2.30. The molecule has 0 saturated carbocycles. The molecule has 2 aliphatic rings. The molecule has 0 aliphatic carbocycles. The number of likely N-dealkylation sites (tertiary alicyclic amines) is 1. The summed E-state index contributed by atoms with van der Waals surface area (Å²) < 4.78 is 11.8. The van der Waals surface area contributed by atoms with Crippen molar-refractivity contribution >= 4 is 29.9 Å². The zero-order valence-corrected chi connectivity index (χ0v) is 16.9. The van der Waals surface area contributed by atoms with Gasteiger partial charge in [0.2, 0.25) is 0 Å². The number of piperidine rings is 1. The lowest BCUT2D eigenvalue weighted by atomic mass is 10.0. The first-order valence-corrected chi connectivity index (χ1v) is 8.68. The molecule has 0 spiro atoms. The predicted octanol–water partition coefficient (Wildman–Crippen LogP) is 3.14. The summed E-state index contributed by atoms with van der Waals surface area (Å²) in [5.41, 5.74) is 0. The molecule has 1 fully saturated rings. The van der Waals surface area contributed by atoms with Gasteiger partial charge < -0.3 is 19.7 Å². The van der Waals surface area contributed by atoms with Gasteiger partial charge >= 0.3 is 0 Å². The minimum Gasteiger partial charge on any atom is -0.486 e. The van der Waals surface area contributed by atoms with Crippen LogP contribution in [0.1, 0.15) is 26.7 Å². The van der Waals surface area contributed by atoms with Crippen LogP contribution in [0.15, 0.2) is 29.3 Å². The van der Waals surface area contributed by atoms with E-state index in [4.69, 9.17) is 14.5 Å². The van der Waals surface area contributed by atoms with Crippen LogP contribution in [-0.2, 0) is 0 Å². The third-order valence-electron chi connectivity index (χ3n) is 4.30. The molecule has 2 atom stereocenters. The Morgan fingerprint density at radius 2 is 2.12 bits per heavy atom. The van der Waals surface area contributed by atoms with E-state index in [2.05, 4.69) is 24.1 Å². The molecule has 0 amide bonds. The van der Waals surface area contributed by atoms with E-state index in [1.54, 1.807) is 0 Å². The molecule has 0 radical (unpaired) electrons. The molecule has 5 nitrogen and oxygen atoms in total. The lowest BCUT2D eigenvalue weighted by Gasteiger charge is -2.34.